The Kier molecular flexibility index (Phi) is 5.22. The van der Waals surface area contributed by atoms with Gasteiger partial charge in [0.05, 0.1) is 6.04 Å². The number of nitrogens with two attached hydrogens (primary N) is 1. The quantitative estimate of drug-likeness (QED) is 0.892. The van der Waals surface area contributed by atoms with Crippen molar-refractivity contribution in [2.75, 3.05) is 0 Å². The van der Waals surface area contributed by atoms with Crippen LogP contribution in [0.3, 0.4) is 0 Å². The lowest BCUT2D eigenvalue weighted by atomic mass is 9.86. The lowest BCUT2D eigenvalue weighted by Gasteiger charge is -2.27. The van der Waals surface area contributed by atoms with Crippen LogP contribution in [0.2, 0.25) is 0 Å². The molecule has 0 heterocycles. The Morgan fingerprint density at radius 3 is 2.25 bits per heavy atom. The Balaban J connectivity index is 2.69. The Morgan fingerprint density at radius 2 is 1.80 bits per heavy atom. The zero-order valence-corrected chi connectivity index (χ0v) is 12.3. The van der Waals surface area contributed by atoms with E-state index in [4.69, 9.17) is 5.73 Å². The summed E-state index contributed by atoms with van der Waals surface area (Å²) in [5, 5.41) is 2.69. The van der Waals surface area contributed by atoms with Gasteiger partial charge in [-0.05, 0) is 30.9 Å². The van der Waals surface area contributed by atoms with Gasteiger partial charge in [-0.15, -0.1) is 0 Å². The highest BCUT2D eigenvalue weighted by Crippen LogP contribution is 2.18. The molecule has 3 nitrogen and oxygen atoms in total. The fourth-order valence-electron chi connectivity index (χ4n) is 1.81. The van der Waals surface area contributed by atoms with Gasteiger partial charge in [0, 0.05) is 11.6 Å². The second-order valence-corrected chi connectivity index (χ2v) is 6.16. The van der Waals surface area contributed by atoms with E-state index in [1.54, 1.807) is 6.92 Å². The fourth-order valence-corrected chi connectivity index (χ4v) is 1.81. The van der Waals surface area contributed by atoms with E-state index < -0.39 is 23.7 Å². The third-order valence-corrected chi connectivity index (χ3v) is 3.18. The Labute approximate surface area is 118 Å². The molecule has 1 aromatic carbocycles. The molecule has 0 spiro atoms. The second kappa shape index (κ2) is 6.31. The van der Waals surface area contributed by atoms with Crippen molar-refractivity contribution < 1.29 is 13.6 Å². The van der Waals surface area contributed by atoms with Gasteiger partial charge in [-0.1, -0.05) is 26.8 Å². The molecule has 0 saturated heterocycles. The summed E-state index contributed by atoms with van der Waals surface area (Å²) in [6, 6.07) is 2.65. The van der Waals surface area contributed by atoms with Crippen LogP contribution in [0.1, 0.15) is 33.3 Å². The van der Waals surface area contributed by atoms with Gasteiger partial charge in [-0.2, -0.15) is 0 Å². The summed E-state index contributed by atoms with van der Waals surface area (Å²) in [4.78, 5) is 11.9. The monoisotopic (exact) mass is 284 g/mol. The van der Waals surface area contributed by atoms with Gasteiger partial charge in [0.2, 0.25) is 5.91 Å². The first-order chi connectivity index (χ1) is 9.12. The van der Waals surface area contributed by atoms with Crippen molar-refractivity contribution in [2.24, 2.45) is 11.1 Å². The van der Waals surface area contributed by atoms with Crippen LogP contribution in [0.4, 0.5) is 8.78 Å². The van der Waals surface area contributed by atoms with E-state index in [2.05, 4.69) is 5.32 Å². The number of halogens is 2. The molecule has 2 atom stereocenters. The van der Waals surface area contributed by atoms with Crippen LogP contribution in [-0.2, 0) is 11.2 Å². The normalized spacial score (nSPS) is 14.8. The van der Waals surface area contributed by atoms with Crippen molar-refractivity contribution in [1.82, 2.24) is 5.32 Å². The average molecular weight is 284 g/mol. The van der Waals surface area contributed by atoms with Crippen LogP contribution in [-0.4, -0.2) is 18.0 Å². The molecular weight excluding hydrogens is 262 g/mol. The zero-order chi connectivity index (χ0) is 15.5. The molecule has 1 aromatic rings. The van der Waals surface area contributed by atoms with Gasteiger partial charge in [0.1, 0.15) is 11.6 Å². The predicted molar refractivity (Wildman–Crippen MR) is 75.1 cm³/mol. The number of rotatable bonds is 4. The molecule has 20 heavy (non-hydrogen) atoms. The number of carbonyl (C=O) groups excluding carboxylic acids is 1. The first-order valence-electron chi connectivity index (χ1n) is 6.61. The van der Waals surface area contributed by atoms with Crippen molar-refractivity contribution in [3.8, 4) is 0 Å². The molecule has 5 heteroatoms. The lowest BCUT2D eigenvalue weighted by molar-refractivity contribution is -0.125. The molecule has 1 unspecified atom stereocenters. The molecule has 0 fully saturated rings. The number of carbonyl (C=O) groups is 1. The summed E-state index contributed by atoms with van der Waals surface area (Å²) in [6.45, 7) is 7.27. The summed E-state index contributed by atoms with van der Waals surface area (Å²) >= 11 is 0. The van der Waals surface area contributed by atoms with Crippen molar-refractivity contribution in [3.05, 3.63) is 35.4 Å². The van der Waals surface area contributed by atoms with Crippen LogP contribution in [0, 0.1) is 17.0 Å². The molecule has 0 aromatic heterocycles. The minimum atomic E-state index is -0.671. The maximum Gasteiger partial charge on any atom is 0.237 e. The summed E-state index contributed by atoms with van der Waals surface area (Å²) in [6.07, 6.45) is 0.0844. The first-order valence-corrected chi connectivity index (χ1v) is 6.61. The van der Waals surface area contributed by atoms with Crippen LogP contribution in [0.15, 0.2) is 18.2 Å². The maximum atomic E-state index is 13.5. The third-order valence-electron chi connectivity index (χ3n) is 3.18. The van der Waals surface area contributed by atoms with Crippen LogP contribution < -0.4 is 11.1 Å². The van der Waals surface area contributed by atoms with Crippen LogP contribution in [0.25, 0.3) is 0 Å². The topological polar surface area (TPSA) is 55.1 Å². The summed E-state index contributed by atoms with van der Waals surface area (Å²) in [5.74, 6) is -1.53. The zero-order valence-electron chi connectivity index (χ0n) is 12.3. The Bertz CT molecular complexity index is 463. The van der Waals surface area contributed by atoms with Gasteiger partial charge in [-0.25, -0.2) is 8.78 Å². The summed E-state index contributed by atoms with van der Waals surface area (Å²) < 4.78 is 27.0. The van der Waals surface area contributed by atoms with E-state index in [1.165, 1.54) is 18.2 Å². The molecule has 1 amide bonds. The van der Waals surface area contributed by atoms with E-state index in [0.29, 0.717) is 0 Å². The number of hydrogen-bond donors (Lipinski definition) is 2. The Morgan fingerprint density at radius 1 is 1.30 bits per heavy atom. The van der Waals surface area contributed by atoms with Crippen molar-refractivity contribution in [1.29, 1.82) is 0 Å². The Hall–Kier alpha value is -1.49. The number of benzene rings is 1. The average Bonchev–Trinajstić information content (AvgIpc) is 2.31. The summed E-state index contributed by atoms with van der Waals surface area (Å²) in [7, 11) is 0. The van der Waals surface area contributed by atoms with Gasteiger partial charge in [-0.3, -0.25) is 4.79 Å². The van der Waals surface area contributed by atoms with E-state index in [-0.39, 0.29) is 23.3 Å². The van der Waals surface area contributed by atoms with Gasteiger partial charge < -0.3 is 11.1 Å². The van der Waals surface area contributed by atoms with Gasteiger partial charge in [0.15, 0.2) is 0 Å². The molecule has 112 valence electrons. The SMILES string of the molecule is CC(Cc1c(F)cccc1F)NC(=O)[C@H](N)C(C)(C)C. The van der Waals surface area contributed by atoms with E-state index in [0.717, 1.165) is 0 Å². The molecule has 0 radical (unpaired) electrons. The van der Waals surface area contributed by atoms with Crippen LogP contribution >= 0.6 is 0 Å². The van der Waals surface area contributed by atoms with Crippen molar-refractivity contribution in [3.63, 3.8) is 0 Å². The second-order valence-electron chi connectivity index (χ2n) is 6.16. The van der Waals surface area contributed by atoms with Crippen molar-refractivity contribution in [2.45, 2.75) is 46.2 Å². The van der Waals surface area contributed by atoms with Crippen molar-refractivity contribution >= 4 is 5.91 Å². The number of hydrogen-bond acceptors (Lipinski definition) is 2. The minimum absolute atomic E-state index is 0.0235. The van der Waals surface area contributed by atoms with E-state index in [1.807, 2.05) is 20.8 Å². The smallest absolute Gasteiger partial charge is 0.237 e. The molecule has 0 aliphatic rings. The maximum absolute atomic E-state index is 13.5. The molecule has 3 N–H and O–H groups in total. The minimum Gasteiger partial charge on any atom is -0.352 e. The highest BCUT2D eigenvalue weighted by Gasteiger charge is 2.28. The molecule has 0 saturated carbocycles. The van der Waals surface area contributed by atoms with E-state index in [9.17, 15) is 13.6 Å². The standard InChI is InChI=1S/C15H22F2N2O/c1-9(19-14(20)13(18)15(2,3)4)8-10-11(16)6-5-7-12(10)17/h5-7,9,13H,8,18H2,1-4H3,(H,19,20)/t9?,13-/m0/s1. The summed E-state index contributed by atoms with van der Waals surface area (Å²) in [5.41, 5.74) is 5.44. The largest absolute Gasteiger partial charge is 0.352 e. The molecule has 1 rings (SSSR count). The fraction of sp³-hybridized carbons (Fsp3) is 0.533. The van der Waals surface area contributed by atoms with Gasteiger partial charge >= 0.3 is 0 Å². The number of nitrogens with one attached hydrogen (secondary N) is 1. The van der Waals surface area contributed by atoms with Crippen LogP contribution in [0.5, 0.6) is 0 Å². The predicted octanol–water partition coefficient (Wildman–Crippen LogP) is 2.39. The highest BCUT2D eigenvalue weighted by atomic mass is 19.1. The third kappa shape index (κ3) is 4.27. The molecule has 0 aliphatic carbocycles. The van der Waals surface area contributed by atoms with E-state index >= 15 is 0 Å². The van der Waals surface area contributed by atoms with Gasteiger partial charge in [0.25, 0.3) is 0 Å². The first kappa shape index (κ1) is 16.6. The number of amides is 1. The molecule has 0 aliphatic heterocycles. The lowest BCUT2D eigenvalue weighted by Crippen LogP contribution is -2.51. The highest BCUT2D eigenvalue weighted by molar-refractivity contribution is 5.82. The molecular formula is C15H22F2N2O. The molecule has 0 bridgehead atoms.